The maximum absolute atomic E-state index is 15.0. The summed E-state index contributed by atoms with van der Waals surface area (Å²) in [5.74, 6) is -1.34. The fraction of sp³-hybridized carbons (Fsp3) is 0.364. The van der Waals surface area contributed by atoms with Gasteiger partial charge in [-0.05, 0) is 19.1 Å². The molecule has 3 heterocycles. The van der Waals surface area contributed by atoms with E-state index in [1.165, 1.54) is 24.1 Å². The third kappa shape index (κ3) is 4.18. The van der Waals surface area contributed by atoms with Crippen molar-refractivity contribution in [1.82, 2.24) is 30.3 Å². The number of rotatable bonds is 6. The number of pyridine rings is 2. The van der Waals surface area contributed by atoms with Crippen LogP contribution in [0.4, 0.5) is 19.4 Å². The van der Waals surface area contributed by atoms with Gasteiger partial charge in [0.25, 0.3) is 5.91 Å². The highest BCUT2D eigenvalue weighted by atomic mass is 35.5. The van der Waals surface area contributed by atoms with E-state index in [4.69, 9.17) is 16.3 Å². The smallest absolute Gasteiger partial charge is 0.413 e. The number of amides is 2. The molecule has 2 amide bonds. The summed E-state index contributed by atoms with van der Waals surface area (Å²) in [6.07, 6.45) is 1.94. The Bertz CT molecular complexity index is 1330. The van der Waals surface area contributed by atoms with E-state index in [1.807, 2.05) is 0 Å². The van der Waals surface area contributed by atoms with Crippen LogP contribution in [0, 0.1) is 5.82 Å². The molecule has 1 atom stereocenters. The lowest BCUT2D eigenvalue weighted by Gasteiger charge is -2.65. The third-order valence-electron chi connectivity index (χ3n) is 6.23. The summed E-state index contributed by atoms with van der Waals surface area (Å²) < 4.78 is 35.2. The number of alkyl halides is 1. The van der Waals surface area contributed by atoms with Crippen molar-refractivity contribution < 1.29 is 23.1 Å². The van der Waals surface area contributed by atoms with Crippen molar-refractivity contribution in [3.05, 3.63) is 52.7 Å². The number of nitrogens with zero attached hydrogens (tertiary/aromatic N) is 5. The van der Waals surface area contributed by atoms with Gasteiger partial charge < -0.3 is 10.1 Å². The minimum atomic E-state index is -1.17. The molecule has 0 unspecified atom stereocenters. The molecule has 10 nitrogen and oxygen atoms in total. The average molecular weight is 504 g/mol. The maximum Gasteiger partial charge on any atom is 0.413 e. The highest BCUT2D eigenvalue weighted by Gasteiger charge is 2.69. The molecule has 3 fully saturated rings. The molecule has 0 spiro atoms. The van der Waals surface area contributed by atoms with E-state index in [0.717, 1.165) is 6.07 Å². The van der Waals surface area contributed by atoms with Crippen LogP contribution in [0.1, 0.15) is 48.2 Å². The number of hydrogen-bond donors (Lipinski definition) is 2. The van der Waals surface area contributed by atoms with Gasteiger partial charge in [0.2, 0.25) is 0 Å². The minimum absolute atomic E-state index is 0.0103. The molecule has 3 saturated carbocycles. The molecule has 13 heteroatoms. The van der Waals surface area contributed by atoms with Gasteiger partial charge in [0, 0.05) is 49.8 Å². The number of aryl methyl sites for hydroxylation is 1. The van der Waals surface area contributed by atoms with E-state index in [9.17, 15) is 18.4 Å². The first-order chi connectivity index (χ1) is 16.6. The fourth-order valence-corrected chi connectivity index (χ4v) is 4.83. The number of ether oxygens (including phenoxy) is 1. The van der Waals surface area contributed by atoms with Crippen LogP contribution in [0.3, 0.4) is 0 Å². The molecule has 0 aromatic carbocycles. The Labute approximate surface area is 203 Å². The standard InChI is InChI=1S/C22H20ClF2N7O3/c1-11(13-4-3-5-26-17(13)23)35-20(34)28-18-16(30-31-32(18)2)15-14(24)6-12(7-27-15)19(33)29-22-8-21(25,9-22)10-22/h3-7,11H,8-10H2,1-2H3,(H,28,34)(H,29,33)/t11-,21?,22?/m1/s1. The quantitative estimate of drug-likeness (QED) is 0.491. The van der Waals surface area contributed by atoms with Crippen molar-refractivity contribution in [2.75, 3.05) is 5.32 Å². The average Bonchev–Trinajstić information content (AvgIpc) is 3.11. The first kappa shape index (κ1) is 23.1. The number of carbonyl (C=O) groups is 2. The van der Waals surface area contributed by atoms with Gasteiger partial charge in [-0.1, -0.05) is 22.9 Å². The second-order valence-corrected chi connectivity index (χ2v) is 9.29. The lowest BCUT2D eigenvalue weighted by molar-refractivity contribution is -0.162. The van der Waals surface area contributed by atoms with Gasteiger partial charge in [-0.3, -0.25) is 15.1 Å². The largest absolute Gasteiger partial charge is 0.441 e. The Kier molecular flexibility index (Phi) is 5.42. The van der Waals surface area contributed by atoms with Gasteiger partial charge in [-0.2, -0.15) is 0 Å². The Balaban J connectivity index is 1.30. The zero-order valence-electron chi connectivity index (χ0n) is 18.7. The van der Waals surface area contributed by atoms with E-state index in [0.29, 0.717) is 5.56 Å². The van der Waals surface area contributed by atoms with Crippen molar-refractivity contribution in [2.24, 2.45) is 7.05 Å². The highest BCUT2D eigenvalue weighted by molar-refractivity contribution is 6.30. The Morgan fingerprint density at radius 1 is 1.26 bits per heavy atom. The van der Waals surface area contributed by atoms with Crippen molar-refractivity contribution >= 4 is 29.4 Å². The summed E-state index contributed by atoms with van der Waals surface area (Å²) in [5, 5.41) is 13.2. The molecule has 3 aliphatic carbocycles. The van der Waals surface area contributed by atoms with Crippen LogP contribution in [0.2, 0.25) is 5.15 Å². The summed E-state index contributed by atoms with van der Waals surface area (Å²) in [6, 6.07) is 4.34. The molecule has 0 radical (unpaired) electrons. The van der Waals surface area contributed by atoms with Crippen LogP contribution in [0.25, 0.3) is 11.4 Å². The summed E-state index contributed by atoms with van der Waals surface area (Å²) in [7, 11) is 1.49. The summed E-state index contributed by atoms with van der Waals surface area (Å²) in [4.78, 5) is 33.0. The molecule has 2 N–H and O–H groups in total. The Morgan fingerprint density at radius 3 is 2.66 bits per heavy atom. The van der Waals surface area contributed by atoms with Gasteiger partial charge in [0.15, 0.2) is 17.3 Å². The SMILES string of the molecule is C[C@@H](OC(=O)Nc1c(-c2ncc(C(=O)NC34CC(F)(C3)C4)cc2F)nnn1C)c1cccnc1Cl. The number of aromatic nitrogens is 5. The normalized spacial score (nSPS) is 23.0. The van der Waals surface area contributed by atoms with Crippen molar-refractivity contribution in [2.45, 2.75) is 43.5 Å². The monoisotopic (exact) mass is 503 g/mol. The summed E-state index contributed by atoms with van der Waals surface area (Å²) in [6.45, 7) is 1.62. The molecular weight excluding hydrogens is 484 g/mol. The molecule has 3 aliphatic rings. The van der Waals surface area contributed by atoms with E-state index < -0.39 is 35.1 Å². The lowest BCUT2D eigenvalue weighted by Crippen LogP contribution is -2.76. The Morgan fingerprint density at radius 2 is 2.00 bits per heavy atom. The van der Waals surface area contributed by atoms with Crippen LogP contribution in [0.5, 0.6) is 0 Å². The minimum Gasteiger partial charge on any atom is -0.441 e. The maximum atomic E-state index is 15.0. The predicted octanol–water partition coefficient (Wildman–Crippen LogP) is 3.75. The van der Waals surface area contributed by atoms with Crippen LogP contribution in [-0.4, -0.2) is 48.2 Å². The molecule has 2 bridgehead atoms. The van der Waals surface area contributed by atoms with Gasteiger partial charge in [-0.25, -0.2) is 23.2 Å². The van der Waals surface area contributed by atoms with Crippen LogP contribution >= 0.6 is 11.6 Å². The summed E-state index contributed by atoms with van der Waals surface area (Å²) >= 11 is 6.04. The molecule has 0 saturated heterocycles. The number of halogens is 3. The van der Waals surface area contributed by atoms with Crippen molar-refractivity contribution in [3.8, 4) is 11.4 Å². The number of anilines is 1. The zero-order chi connectivity index (χ0) is 25.0. The number of nitrogens with one attached hydrogen (secondary N) is 2. The number of carbonyl (C=O) groups excluding carboxylic acids is 2. The van der Waals surface area contributed by atoms with E-state index in [-0.39, 0.29) is 47.2 Å². The third-order valence-corrected chi connectivity index (χ3v) is 6.54. The highest BCUT2D eigenvalue weighted by Crippen LogP contribution is 2.62. The van der Waals surface area contributed by atoms with Gasteiger partial charge in [0.1, 0.15) is 22.6 Å². The molecule has 3 aromatic rings. The van der Waals surface area contributed by atoms with Crippen molar-refractivity contribution in [1.29, 1.82) is 0 Å². The molecule has 3 aromatic heterocycles. The van der Waals surface area contributed by atoms with Crippen LogP contribution in [0.15, 0.2) is 30.6 Å². The van der Waals surface area contributed by atoms with E-state index >= 15 is 0 Å². The second kappa shape index (κ2) is 8.22. The molecular formula is C22H20ClF2N7O3. The Hall–Kier alpha value is -3.67. The van der Waals surface area contributed by atoms with Crippen LogP contribution < -0.4 is 10.6 Å². The van der Waals surface area contributed by atoms with E-state index in [1.54, 1.807) is 19.1 Å². The topological polar surface area (TPSA) is 124 Å². The van der Waals surface area contributed by atoms with Crippen molar-refractivity contribution in [3.63, 3.8) is 0 Å². The lowest BCUT2D eigenvalue weighted by atomic mass is 9.47. The first-order valence-electron chi connectivity index (χ1n) is 10.7. The van der Waals surface area contributed by atoms with Gasteiger partial charge in [-0.15, -0.1) is 5.10 Å². The first-order valence-corrected chi connectivity index (χ1v) is 11.1. The fourth-order valence-electron chi connectivity index (χ4n) is 4.55. The molecule has 0 aliphatic heterocycles. The molecule has 6 rings (SSSR count). The molecule has 35 heavy (non-hydrogen) atoms. The zero-order valence-corrected chi connectivity index (χ0v) is 19.4. The van der Waals surface area contributed by atoms with E-state index in [2.05, 4.69) is 30.9 Å². The predicted molar refractivity (Wildman–Crippen MR) is 120 cm³/mol. The summed E-state index contributed by atoms with van der Waals surface area (Å²) in [5.41, 5.74) is -1.49. The van der Waals surface area contributed by atoms with Gasteiger partial charge in [0.05, 0.1) is 5.56 Å². The van der Waals surface area contributed by atoms with Gasteiger partial charge >= 0.3 is 6.09 Å². The second-order valence-electron chi connectivity index (χ2n) is 8.94. The molecule has 182 valence electrons. The number of hydrogen-bond acceptors (Lipinski definition) is 7. The van der Waals surface area contributed by atoms with Crippen LogP contribution in [-0.2, 0) is 11.8 Å².